The summed E-state index contributed by atoms with van der Waals surface area (Å²) in [4.78, 5) is 15.2. The molecule has 2 fully saturated rings. The van der Waals surface area contributed by atoms with Gasteiger partial charge in [0.15, 0.2) is 0 Å². The van der Waals surface area contributed by atoms with Gasteiger partial charge in [-0.1, -0.05) is 67.0 Å². The highest BCUT2D eigenvalue weighted by atomic mass is 16.5. The summed E-state index contributed by atoms with van der Waals surface area (Å²) >= 11 is 0. The van der Waals surface area contributed by atoms with Crippen molar-refractivity contribution in [2.24, 2.45) is 5.92 Å². The maximum absolute atomic E-state index is 12.9. The number of benzene rings is 1. The van der Waals surface area contributed by atoms with E-state index in [9.17, 15) is 9.90 Å². The number of likely N-dealkylation sites (tertiary alicyclic amines) is 1. The predicted molar refractivity (Wildman–Crippen MR) is 110 cm³/mol. The average Bonchev–Trinajstić information content (AvgIpc) is 3.28. The van der Waals surface area contributed by atoms with E-state index in [2.05, 4.69) is 35.3 Å². The van der Waals surface area contributed by atoms with Crippen LogP contribution in [-0.4, -0.2) is 47.3 Å². The Bertz CT molecular complexity index is 748. The van der Waals surface area contributed by atoms with Gasteiger partial charge in [0, 0.05) is 18.5 Å². The fourth-order valence-electron chi connectivity index (χ4n) is 5.49. The molecule has 1 aromatic rings. The van der Waals surface area contributed by atoms with Crippen LogP contribution in [0, 0.1) is 5.92 Å². The zero-order valence-electron chi connectivity index (χ0n) is 16.7. The number of allylic oxidation sites excluding steroid dienone is 2. The average molecular weight is 382 g/mol. The Morgan fingerprint density at radius 1 is 1.25 bits per heavy atom. The molecule has 0 amide bonds. The molecule has 2 aliphatic carbocycles. The van der Waals surface area contributed by atoms with E-state index in [1.165, 1.54) is 12.7 Å². The summed E-state index contributed by atoms with van der Waals surface area (Å²) < 4.78 is 5.27. The normalized spacial score (nSPS) is 27.7. The highest BCUT2D eigenvalue weighted by Crippen LogP contribution is 2.46. The Kier molecular flexibility index (Phi) is 5.70. The summed E-state index contributed by atoms with van der Waals surface area (Å²) in [5, 5.41) is 11.4. The predicted octanol–water partition coefficient (Wildman–Crippen LogP) is 3.65. The zero-order chi connectivity index (χ0) is 19.6. The number of methoxy groups -OCH3 is 1. The van der Waals surface area contributed by atoms with E-state index >= 15 is 0 Å². The van der Waals surface area contributed by atoms with Gasteiger partial charge in [0.2, 0.25) is 0 Å². The van der Waals surface area contributed by atoms with Crippen molar-refractivity contribution in [3.05, 3.63) is 59.7 Å². The van der Waals surface area contributed by atoms with E-state index in [1.807, 2.05) is 18.2 Å². The Morgan fingerprint density at radius 2 is 2.00 bits per heavy atom. The van der Waals surface area contributed by atoms with Crippen LogP contribution in [0.15, 0.2) is 54.1 Å². The molecule has 28 heavy (non-hydrogen) atoms. The fourth-order valence-corrected chi connectivity index (χ4v) is 5.49. The molecule has 4 rings (SSSR count). The number of hydrogen-bond donors (Lipinski definition) is 1. The lowest BCUT2D eigenvalue weighted by molar-refractivity contribution is -0.157. The SMILES string of the molecule is COC(=O)C1(N2CC3=CCCC=C[C@H]3[C@@H]2[C@@H](O)Cc2ccccc2)CCCC1. The van der Waals surface area contributed by atoms with Crippen LogP contribution in [0.4, 0.5) is 0 Å². The van der Waals surface area contributed by atoms with Crippen LogP contribution in [0.2, 0.25) is 0 Å². The van der Waals surface area contributed by atoms with Gasteiger partial charge in [-0.15, -0.1) is 0 Å². The van der Waals surface area contributed by atoms with Gasteiger partial charge in [-0.3, -0.25) is 9.69 Å². The van der Waals surface area contributed by atoms with Gasteiger partial charge in [-0.25, -0.2) is 0 Å². The molecule has 3 aliphatic rings. The maximum atomic E-state index is 12.9. The Hall–Kier alpha value is -1.91. The lowest BCUT2D eigenvalue weighted by Crippen LogP contribution is -2.59. The minimum atomic E-state index is -0.599. The molecule has 0 bridgehead atoms. The molecule has 0 unspecified atom stereocenters. The van der Waals surface area contributed by atoms with Crippen LogP contribution in [0.1, 0.15) is 44.1 Å². The highest BCUT2D eigenvalue weighted by Gasteiger charge is 2.55. The van der Waals surface area contributed by atoms with E-state index in [-0.39, 0.29) is 17.9 Å². The molecule has 0 spiro atoms. The second kappa shape index (κ2) is 8.22. The molecule has 1 saturated carbocycles. The molecule has 0 aromatic heterocycles. The number of esters is 1. The highest BCUT2D eigenvalue weighted by molar-refractivity contribution is 5.81. The quantitative estimate of drug-likeness (QED) is 0.625. The third-order valence-electron chi connectivity index (χ3n) is 6.82. The first-order valence-electron chi connectivity index (χ1n) is 10.6. The van der Waals surface area contributed by atoms with Gasteiger partial charge in [0.25, 0.3) is 0 Å². The Balaban J connectivity index is 1.70. The molecule has 1 N–H and O–H groups in total. The lowest BCUT2D eigenvalue weighted by atomic mass is 9.86. The van der Waals surface area contributed by atoms with Crippen molar-refractivity contribution in [2.75, 3.05) is 13.7 Å². The Morgan fingerprint density at radius 3 is 2.71 bits per heavy atom. The molecule has 1 saturated heterocycles. The molecule has 1 aliphatic heterocycles. The van der Waals surface area contributed by atoms with Crippen LogP contribution in [0.5, 0.6) is 0 Å². The van der Waals surface area contributed by atoms with E-state index in [0.717, 1.165) is 50.6 Å². The summed E-state index contributed by atoms with van der Waals surface area (Å²) in [5.41, 5.74) is 1.88. The minimum absolute atomic E-state index is 0.0991. The first kappa shape index (κ1) is 19.4. The number of carbonyl (C=O) groups is 1. The second-order valence-electron chi connectivity index (χ2n) is 8.42. The number of ether oxygens (including phenoxy) is 1. The van der Waals surface area contributed by atoms with Crippen molar-refractivity contribution in [2.45, 2.75) is 62.6 Å². The van der Waals surface area contributed by atoms with Gasteiger partial charge in [0.1, 0.15) is 5.54 Å². The first-order valence-corrected chi connectivity index (χ1v) is 10.6. The molecule has 1 aromatic carbocycles. The number of aliphatic hydroxyl groups is 1. The van der Waals surface area contributed by atoms with Crippen molar-refractivity contribution in [3.63, 3.8) is 0 Å². The molecular weight excluding hydrogens is 350 g/mol. The van der Waals surface area contributed by atoms with Crippen LogP contribution < -0.4 is 0 Å². The Labute approximate surface area is 167 Å². The van der Waals surface area contributed by atoms with Gasteiger partial charge >= 0.3 is 5.97 Å². The van der Waals surface area contributed by atoms with Gasteiger partial charge < -0.3 is 9.84 Å². The summed E-state index contributed by atoms with van der Waals surface area (Å²) in [6.45, 7) is 0.751. The number of rotatable bonds is 5. The topological polar surface area (TPSA) is 49.8 Å². The molecule has 1 heterocycles. The monoisotopic (exact) mass is 381 g/mol. The van der Waals surface area contributed by atoms with Gasteiger partial charge in [-0.05, 0) is 37.7 Å². The number of aliphatic hydroxyl groups excluding tert-OH is 1. The van der Waals surface area contributed by atoms with Crippen LogP contribution >= 0.6 is 0 Å². The first-order chi connectivity index (χ1) is 13.7. The number of nitrogens with zero attached hydrogens (tertiary/aromatic N) is 1. The lowest BCUT2D eigenvalue weighted by Gasteiger charge is -2.42. The summed E-state index contributed by atoms with van der Waals surface area (Å²) in [7, 11) is 1.49. The van der Waals surface area contributed by atoms with Crippen molar-refractivity contribution >= 4 is 5.97 Å². The number of carbonyl (C=O) groups excluding carboxylic acids is 1. The largest absolute Gasteiger partial charge is 0.468 e. The fraction of sp³-hybridized carbons (Fsp3) is 0.542. The third-order valence-corrected chi connectivity index (χ3v) is 6.82. The molecule has 3 atom stereocenters. The number of fused-ring (bicyclic) bond motifs is 1. The maximum Gasteiger partial charge on any atom is 0.326 e. The van der Waals surface area contributed by atoms with Crippen molar-refractivity contribution in [1.29, 1.82) is 0 Å². The van der Waals surface area contributed by atoms with E-state index in [4.69, 9.17) is 4.74 Å². The van der Waals surface area contributed by atoms with Crippen molar-refractivity contribution in [1.82, 2.24) is 4.90 Å². The zero-order valence-corrected chi connectivity index (χ0v) is 16.7. The standard InChI is InChI=1S/C24H31NO3/c1-28-23(27)24(14-8-9-15-24)25-17-19-12-6-3-7-13-20(19)22(25)21(26)16-18-10-4-2-5-11-18/h2,4-5,7,10-13,20-22,26H,3,6,8-9,14-17H2,1H3/t20-,21+,22-/m1/s1. The summed E-state index contributed by atoms with van der Waals surface area (Å²) in [6, 6.07) is 10.0. The van der Waals surface area contributed by atoms with E-state index in [0.29, 0.717) is 6.42 Å². The molecule has 150 valence electrons. The summed E-state index contributed by atoms with van der Waals surface area (Å²) in [6.07, 6.45) is 12.7. The molecule has 0 radical (unpaired) electrons. The van der Waals surface area contributed by atoms with Crippen molar-refractivity contribution < 1.29 is 14.6 Å². The summed E-state index contributed by atoms with van der Waals surface area (Å²) in [5.74, 6) is 0.0336. The minimum Gasteiger partial charge on any atom is -0.468 e. The van der Waals surface area contributed by atoms with Gasteiger partial charge in [-0.2, -0.15) is 0 Å². The van der Waals surface area contributed by atoms with Crippen LogP contribution in [-0.2, 0) is 16.0 Å². The van der Waals surface area contributed by atoms with Crippen LogP contribution in [0.3, 0.4) is 0 Å². The van der Waals surface area contributed by atoms with Crippen LogP contribution in [0.25, 0.3) is 0 Å². The number of hydrogen-bond acceptors (Lipinski definition) is 4. The molecule has 4 heteroatoms. The molecular formula is C24H31NO3. The van der Waals surface area contributed by atoms with Gasteiger partial charge in [0.05, 0.1) is 13.2 Å². The van der Waals surface area contributed by atoms with E-state index < -0.39 is 11.6 Å². The van der Waals surface area contributed by atoms with E-state index in [1.54, 1.807) is 0 Å². The molecule has 4 nitrogen and oxygen atoms in total. The second-order valence-corrected chi connectivity index (χ2v) is 8.42. The third kappa shape index (κ3) is 3.44. The van der Waals surface area contributed by atoms with Crippen molar-refractivity contribution in [3.8, 4) is 0 Å². The smallest absolute Gasteiger partial charge is 0.326 e.